The molecule has 1 aromatic heterocycles. The standard InChI is InChI=1S/C9H17N3O/c1-7(2)9(6-13)10-5-8-3-4-11-12-8/h3-4,7,9-10,13H,5-6H2,1-2H3,(H,11,12)/t9-/m1/s1. The van der Waals surface area contributed by atoms with Crippen LogP contribution in [-0.4, -0.2) is 28.0 Å². The van der Waals surface area contributed by atoms with E-state index in [0.717, 1.165) is 12.2 Å². The summed E-state index contributed by atoms with van der Waals surface area (Å²) in [7, 11) is 0. The second kappa shape index (κ2) is 4.99. The minimum atomic E-state index is 0.156. The maximum absolute atomic E-state index is 9.04. The summed E-state index contributed by atoms with van der Waals surface area (Å²) < 4.78 is 0. The first kappa shape index (κ1) is 10.2. The SMILES string of the molecule is CC(C)[C@@H](CO)NCc1ccn[nH]1. The summed E-state index contributed by atoms with van der Waals surface area (Å²) in [5.41, 5.74) is 1.04. The van der Waals surface area contributed by atoms with Gasteiger partial charge in [-0.1, -0.05) is 13.8 Å². The van der Waals surface area contributed by atoms with E-state index in [9.17, 15) is 0 Å². The van der Waals surface area contributed by atoms with Gasteiger partial charge in [-0.25, -0.2) is 0 Å². The smallest absolute Gasteiger partial charge is 0.0587 e. The van der Waals surface area contributed by atoms with Gasteiger partial charge in [-0.3, -0.25) is 5.10 Å². The average molecular weight is 183 g/mol. The van der Waals surface area contributed by atoms with Gasteiger partial charge in [0.15, 0.2) is 0 Å². The monoisotopic (exact) mass is 183 g/mol. The van der Waals surface area contributed by atoms with Crippen LogP contribution >= 0.6 is 0 Å². The first-order chi connectivity index (χ1) is 6.24. The molecule has 0 spiro atoms. The molecule has 1 aromatic rings. The molecule has 74 valence electrons. The maximum atomic E-state index is 9.04. The van der Waals surface area contributed by atoms with Crippen LogP contribution in [0.25, 0.3) is 0 Å². The van der Waals surface area contributed by atoms with Gasteiger partial charge in [0.25, 0.3) is 0 Å². The van der Waals surface area contributed by atoms with Gasteiger partial charge < -0.3 is 10.4 Å². The number of H-pyrrole nitrogens is 1. The van der Waals surface area contributed by atoms with Gasteiger partial charge in [0.1, 0.15) is 0 Å². The zero-order chi connectivity index (χ0) is 9.68. The Bertz CT molecular complexity index is 221. The molecule has 0 aliphatic rings. The topological polar surface area (TPSA) is 60.9 Å². The van der Waals surface area contributed by atoms with E-state index in [1.54, 1.807) is 6.20 Å². The van der Waals surface area contributed by atoms with E-state index in [1.807, 2.05) is 6.07 Å². The van der Waals surface area contributed by atoms with E-state index in [2.05, 4.69) is 29.4 Å². The Morgan fingerprint density at radius 2 is 2.38 bits per heavy atom. The van der Waals surface area contributed by atoms with Crippen molar-refractivity contribution in [2.75, 3.05) is 6.61 Å². The Kier molecular flexibility index (Phi) is 3.92. The lowest BCUT2D eigenvalue weighted by Crippen LogP contribution is -2.36. The number of aliphatic hydroxyl groups is 1. The second-order valence-corrected chi connectivity index (χ2v) is 3.50. The third-order valence-electron chi connectivity index (χ3n) is 2.11. The van der Waals surface area contributed by atoms with Crippen LogP contribution in [0.4, 0.5) is 0 Å². The van der Waals surface area contributed by atoms with E-state index in [1.165, 1.54) is 0 Å². The number of rotatable bonds is 5. The molecule has 3 N–H and O–H groups in total. The van der Waals surface area contributed by atoms with E-state index < -0.39 is 0 Å². The van der Waals surface area contributed by atoms with Crippen LogP contribution in [0.15, 0.2) is 12.3 Å². The number of nitrogens with zero attached hydrogens (tertiary/aromatic N) is 1. The second-order valence-electron chi connectivity index (χ2n) is 3.50. The van der Waals surface area contributed by atoms with E-state index in [4.69, 9.17) is 5.11 Å². The third-order valence-corrected chi connectivity index (χ3v) is 2.11. The zero-order valence-corrected chi connectivity index (χ0v) is 8.12. The molecule has 13 heavy (non-hydrogen) atoms. The third kappa shape index (κ3) is 3.16. The molecule has 0 fully saturated rings. The largest absolute Gasteiger partial charge is 0.395 e. The Labute approximate surface area is 78.4 Å². The molecule has 0 saturated carbocycles. The van der Waals surface area contributed by atoms with Gasteiger partial charge in [-0.05, 0) is 12.0 Å². The molecule has 0 saturated heterocycles. The van der Waals surface area contributed by atoms with Crippen LogP contribution in [0.1, 0.15) is 19.5 Å². The van der Waals surface area contributed by atoms with Crippen LogP contribution < -0.4 is 5.32 Å². The van der Waals surface area contributed by atoms with E-state index >= 15 is 0 Å². The molecule has 0 bridgehead atoms. The van der Waals surface area contributed by atoms with Crippen molar-refractivity contribution in [2.45, 2.75) is 26.4 Å². The van der Waals surface area contributed by atoms with Crippen LogP contribution in [-0.2, 0) is 6.54 Å². The molecule has 0 amide bonds. The Hall–Kier alpha value is -0.870. The number of aromatic nitrogens is 2. The normalized spacial score (nSPS) is 13.5. The van der Waals surface area contributed by atoms with Gasteiger partial charge in [-0.2, -0.15) is 5.10 Å². The summed E-state index contributed by atoms with van der Waals surface area (Å²) in [5.74, 6) is 0.438. The summed E-state index contributed by atoms with van der Waals surface area (Å²) in [4.78, 5) is 0. The maximum Gasteiger partial charge on any atom is 0.0587 e. The van der Waals surface area contributed by atoms with Crippen molar-refractivity contribution in [2.24, 2.45) is 5.92 Å². The first-order valence-corrected chi connectivity index (χ1v) is 4.56. The lowest BCUT2D eigenvalue weighted by Gasteiger charge is -2.19. The fourth-order valence-corrected chi connectivity index (χ4v) is 1.14. The highest BCUT2D eigenvalue weighted by atomic mass is 16.3. The minimum absolute atomic E-state index is 0.156. The van der Waals surface area contributed by atoms with Gasteiger partial charge >= 0.3 is 0 Å². The summed E-state index contributed by atoms with van der Waals surface area (Å²) in [5, 5.41) is 19.0. The van der Waals surface area contributed by atoms with Crippen molar-refractivity contribution in [1.82, 2.24) is 15.5 Å². The summed E-state index contributed by atoms with van der Waals surface area (Å²) in [6, 6.07) is 2.07. The number of aromatic amines is 1. The van der Waals surface area contributed by atoms with Crippen molar-refractivity contribution in [3.05, 3.63) is 18.0 Å². The van der Waals surface area contributed by atoms with Crippen LogP contribution in [0.3, 0.4) is 0 Å². The van der Waals surface area contributed by atoms with Crippen molar-refractivity contribution in [1.29, 1.82) is 0 Å². The fraction of sp³-hybridized carbons (Fsp3) is 0.667. The highest BCUT2D eigenvalue weighted by Gasteiger charge is 2.10. The summed E-state index contributed by atoms with van der Waals surface area (Å²) in [6.07, 6.45) is 1.72. The predicted octanol–water partition coefficient (Wildman–Crippen LogP) is 0.516. The molecule has 0 aliphatic carbocycles. The van der Waals surface area contributed by atoms with E-state index in [-0.39, 0.29) is 12.6 Å². The molecule has 0 aliphatic heterocycles. The number of hydrogen-bond acceptors (Lipinski definition) is 3. The Balaban J connectivity index is 2.32. The van der Waals surface area contributed by atoms with Crippen molar-refractivity contribution in [3.8, 4) is 0 Å². The molecule has 1 heterocycles. The van der Waals surface area contributed by atoms with Gasteiger partial charge in [0.05, 0.1) is 6.61 Å². The Morgan fingerprint density at radius 3 is 2.85 bits per heavy atom. The molecule has 4 nitrogen and oxygen atoms in total. The lowest BCUT2D eigenvalue weighted by atomic mass is 10.1. The zero-order valence-electron chi connectivity index (χ0n) is 8.12. The number of aliphatic hydroxyl groups excluding tert-OH is 1. The minimum Gasteiger partial charge on any atom is -0.395 e. The first-order valence-electron chi connectivity index (χ1n) is 4.56. The molecule has 0 aromatic carbocycles. The van der Waals surface area contributed by atoms with Gasteiger partial charge in [0, 0.05) is 24.5 Å². The van der Waals surface area contributed by atoms with Crippen LogP contribution in [0.2, 0.25) is 0 Å². The molecule has 0 unspecified atom stereocenters. The quantitative estimate of drug-likeness (QED) is 0.623. The van der Waals surface area contributed by atoms with Crippen molar-refractivity contribution >= 4 is 0 Å². The molecular formula is C9H17N3O. The summed E-state index contributed by atoms with van der Waals surface area (Å²) in [6.45, 7) is 5.07. The highest BCUT2D eigenvalue weighted by Crippen LogP contribution is 2.01. The number of nitrogens with one attached hydrogen (secondary N) is 2. The Morgan fingerprint density at radius 1 is 1.62 bits per heavy atom. The van der Waals surface area contributed by atoms with Gasteiger partial charge in [-0.15, -0.1) is 0 Å². The van der Waals surface area contributed by atoms with Gasteiger partial charge in [0.2, 0.25) is 0 Å². The van der Waals surface area contributed by atoms with Crippen LogP contribution in [0.5, 0.6) is 0 Å². The average Bonchev–Trinajstić information content (AvgIpc) is 2.57. The molecule has 1 rings (SSSR count). The molecule has 0 radical (unpaired) electrons. The number of hydrogen-bond donors (Lipinski definition) is 3. The molecule has 4 heteroatoms. The highest BCUT2D eigenvalue weighted by molar-refractivity contribution is 4.97. The van der Waals surface area contributed by atoms with Crippen molar-refractivity contribution < 1.29 is 5.11 Å². The molecule has 1 atom stereocenters. The molecular weight excluding hydrogens is 166 g/mol. The van der Waals surface area contributed by atoms with E-state index in [0.29, 0.717) is 5.92 Å². The van der Waals surface area contributed by atoms with Crippen molar-refractivity contribution in [3.63, 3.8) is 0 Å². The fourth-order valence-electron chi connectivity index (χ4n) is 1.14. The summed E-state index contributed by atoms with van der Waals surface area (Å²) >= 11 is 0. The van der Waals surface area contributed by atoms with Crippen LogP contribution in [0, 0.1) is 5.92 Å². The lowest BCUT2D eigenvalue weighted by molar-refractivity contribution is 0.209. The predicted molar refractivity (Wildman–Crippen MR) is 51.1 cm³/mol.